The molecule has 0 N–H and O–H groups in total. The maximum absolute atomic E-state index is 13.2. The van der Waals surface area contributed by atoms with Crippen molar-refractivity contribution in [3.8, 4) is 5.69 Å². The summed E-state index contributed by atoms with van der Waals surface area (Å²) in [5, 5.41) is 4.48. The van der Waals surface area contributed by atoms with Crippen LogP contribution in [0.1, 0.15) is 49.2 Å². The number of carbonyl (C=O) groups is 2. The van der Waals surface area contributed by atoms with Crippen LogP contribution in [-0.4, -0.2) is 46.3 Å². The zero-order chi connectivity index (χ0) is 19.2. The van der Waals surface area contributed by atoms with E-state index >= 15 is 0 Å². The maximum atomic E-state index is 13.2. The van der Waals surface area contributed by atoms with Crippen LogP contribution in [0.15, 0.2) is 36.5 Å². The summed E-state index contributed by atoms with van der Waals surface area (Å²) in [6.07, 6.45) is 4.93. The molecule has 1 aromatic carbocycles. The van der Waals surface area contributed by atoms with Crippen molar-refractivity contribution in [1.29, 1.82) is 0 Å². The first kappa shape index (κ1) is 19.1. The van der Waals surface area contributed by atoms with Gasteiger partial charge in [-0.2, -0.15) is 5.10 Å². The lowest BCUT2D eigenvalue weighted by molar-refractivity contribution is -0.149. The van der Waals surface area contributed by atoms with E-state index in [-0.39, 0.29) is 17.8 Å². The number of likely N-dealkylation sites (tertiary alicyclic amines) is 1. The fraction of sp³-hybridized carbons (Fsp3) is 0.476. The molecule has 6 heteroatoms. The summed E-state index contributed by atoms with van der Waals surface area (Å²) in [6, 6.07) is 9.85. The number of rotatable bonds is 6. The highest BCUT2D eigenvalue weighted by molar-refractivity contribution is 5.95. The molecule has 144 valence electrons. The van der Waals surface area contributed by atoms with Crippen LogP contribution in [0, 0.1) is 5.92 Å². The Morgan fingerprint density at radius 3 is 2.70 bits per heavy atom. The number of amides is 1. The Morgan fingerprint density at radius 1 is 1.22 bits per heavy atom. The Morgan fingerprint density at radius 2 is 2.00 bits per heavy atom. The van der Waals surface area contributed by atoms with Gasteiger partial charge in [-0.25, -0.2) is 4.68 Å². The molecule has 3 rings (SSSR count). The highest BCUT2D eigenvalue weighted by Gasteiger charge is 2.31. The topological polar surface area (TPSA) is 64.4 Å². The molecule has 1 aromatic heterocycles. The Kier molecular flexibility index (Phi) is 6.27. The molecule has 1 saturated heterocycles. The van der Waals surface area contributed by atoms with Crippen LogP contribution < -0.4 is 0 Å². The van der Waals surface area contributed by atoms with Gasteiger partial charge in [-0.1, -0.05) is 31.5 Å². The number of para-hydroxylation sites is 1. The van der Waals surface area contributed by atoms with E-state index < -0.39 is 0 Å². The molecule has 1 aliphatic heterocycles. The lowest BCUT2D eigenvalue weighted by Crippen LogP contribution is -2.43. The SMILES string of the molecule is CCCc1c(C(=O)N2CCC[C@@H](C(=O)OCC)C2)cnn1-c1ccccc1. The van der Waals surface area contributed by atoms with E-state index in [1.165, 1.54) is 0 Å². The van der Waals surface area contributed by atoms with E-state index in [2.05, 4.69) is 12.0 Å². The summed E-state index contributed by atoms with van der Waals surface area (Å²) in [7, 11) is 0. The highest BCUT2D eigenvalue weighted by atomic mass is 16.5. The molecule has 0 radical (unpaired) electrons. The molecule has 27 heavy (non-hydrogen) atoms. The largest absolute Gasteiger partial charge is 0.466 e. The number of piperidine rings is 1. The summed E-state index contributed by atoms with van der Waals surface area (Å²) >= 11 is 0. The number of carbonyl (C=O) groups excluding carboxylic acids is 2. The van der Waals surface area contributed by atoms with E-state index in [0.29, 0.717) is 25.3 Å². The Balaban J connectivity index is 1.84. The van der Waals surface area contributed by atoms with Crippen LogP contribution in [0.4, 0.5) is 0 Å². The summed E-state index contributed by atoms with van der Waals surface area (Å²) in [5.74, 6) is -0.486. The first-order valence-electron chi connectivity index (χ1n) is 9.73. The predicted octanol–water partition coefficient (Wildman–Crippen LogP) is 3.24. The summed E-state index contributed by atoms with van der Waals surface area (Å²) < 4.78 is 7.00. The van der Waals surface area contributed by atoms with Crippen molar-refractivity contribution in [3.05, 3.63) is 47.8 Å². The molecule has 0 unspecified atom stereocenters. The third-order valence-corrected chi connectivity index (χ3v) is 4.92. The molecule has 0 aliphatic carbocycles. The second kappa shape index (κ2) is 8.84. The van der Waals surface area contributed by atoms with Crippen LogP contribution in [-0.2, 0) is 16.0 Å². The van der Waals surface area contributed by atoms with Gasteiger partial charge in [0.1, 0.15) is 0 Å². The van der Waals surface area contributed by atoms with Crippen molar-refractivity contribution in [3.63, 3.8) is 0 Å². The number of ether oxygens (including phenoxy) is 1. The zero-order valence-electron chi connectivity index (χ0n) is 16.1. The second-order valence-corrected chi connectivity index (χ2v) is 6.84. The quantitative estimate of drug-likeness (QED) is 0.733. The lowest BCUT2D eigenvalue weighted by atomic mass is 9.97. The fourth-order valence-corrected chi connectivity index (χ4v) is 3.61. The van der Waals surface area contributed by atoms with Crippen molar-refractivity contribution >= 4 is 11.9 Å². The van der Waals surface area contributed by atoms with Gasteiger partial charge in [0.25, 0.3) is 5.91 Å². The normalized spacial score (nSPS) is 17.0. The van der Waals surface area contributed by atoms with Crippen molar-refractivity contribution in [2.75, 3.05) is 19.7 Å². The average molecular weight is 369 g/mol. The van der Waals surface area contributed by atoms with Crippen LogP contribution in [0.25, 0.3) is 5.69 Å². The number of hydrogen-bond donors (Lipinski definition) is 0. The lowest BCUT2D eigenvalue weighted by Gasteiger charge is -2.31. The Labute approximate surface area is 160 Å². The van der Waals surface area contributed by atoms with Gasteiger partial charge in [0.05, 0.1) is 35.7 Å². The summed E-state index contributed by atoms with van der Waals surface area (Å²) in [4.78, 5) is 27.0. The standard InChI is InChI=1S/C21H27N3O3/c1-3-9-19-18(14-22-24(19)17-11-6-5-7-12-17)20(25)23-13-8-10-16(15-23)21(26)27-4-2/h5-7,11-12,14,16H,3-4,8-10,13,15H2,1-2H3/t16-/m1/s1. The molecule has 1 atom stereocenters. The summed E-state index contributed by atoms with van der Waals surface area (Å²) in [5.41, 5.74) is 2.50. The predicted molar refractivity (Wildman–Crippen MR) is 103 cm³/mol. The van der Waals surface area contributed by atoms with E-state index in [4.69, 9.17) is 4.74 Å². The van der Waals surface area contributed by atoms with Crippen molar-refractivity contribution in [2.24, 2.45) is 5.92 Å². The van der Waals surface area contributed by atoms with Gasteiger partial charge < -0.3 is 9.64 Å². The van der Waals surface area contributed by atoms with E-state index in [1.54, 1.807) is 18.0 Å². The third-order valence-electron chi connectivity index (χ3n) is 4.92. The molecule has 6 nitrogen and oxygen atoms in total. The summed E-state index contributed by atoms with van der Waals surface area (Å²) in [6.45, 7) is 5.34. The van der Waals surface area contributed by atoms with E-state index in [1.807, 2.05) is 35.0 Å². The minimum atomic E-state index is -0.235. The van der Waals surface area contributed by atoms with E-state index in [9.17, 15) is 9.59 Å². The van der Waals surface area contributed by atoms with Gasteiger partial charge in [0.2, 0.25) is 0 Å². The monoisotopic (exact) mass is 369 g/mol. The van der Waals surface area contributed by atoms with E-state index in [0.717, 1.165) is 37.1 Å². The van der Waals surface area contributed by atoms with Crippen molar-refractivity contribution < 1.29 is 14.3 Å². The van der Waals surface area contributed by atoms with Crippen LogP contribution >= 0.6 is 0 Å². The van der Waals surface area contributed by atoms with Gasteiger partial charge >= 0.3 is 5.97 Å². The Hall–Kier alpha value is -2.63. The first-order valence-corrected chi connectivity index (χ1v) is 9.73. The van der Waals surface area contributed by atoms with Gasteiger partial charge in [-0.05, 0) is 38.3 Å². The van der Waals surface area contributed by atoms with Gasteiger partial charge in [-0.3, -0.25) is 9.59 Å². The number of hydrogen-bond acceptors (Lipinski definition) is 4. The molecule has 0 saturated carbocycles. The molecular weight excluding hydrogens is 342 g/mol. The molecule has 1 aliphatic rings. The number of nitrogens with zero attached hydrogens (tertiary/aromatic N) is 3. The maximum Gasteiger partial charge on any atom is 0.310 e. The molecule has 0 bridgehead atoms. The van der Waals surface area contributed by atoms with Gasteiger partial charge in [-0.15, -0.1) is 0 Å². The minimum absolute atomic E-state index is 0.0466. The number of benzene rings is 1. The van der Waals surface area contributed by atoms with Crippen LogP contribution in [0.2, 0.25) is 0 Å². The molecular formula is C21H27N3O3. The third kappa shape index (κ3) is 4.21. The zero-order valence-corrected chi connectivity index (χ0v) is 16.1. The fourth-order valence-electron chi connectivity index (χ4n) is 3.61. The van der Waals surface area contributed by atoms with Crippen molar-refractivity contribution in [1.82, 2.24) is 14.7 Å². The molecule has 1 amide bonds. The number of esters is 1. The highest BCUT2D eigenvalue weighted by Crippen LogP contribution is 2.23. The van der Waals surface area contributed by atoms with Crippen molar-refractivity contribution in [2.45, 2.75) is 39.5 Å². The van der Waals surface area contributed by atoms with Crippen LogP contribution in [0.5, 0.6) is 0 Å². The molecule has 1 fully saturated rings. The Bertz CT molecular complexity index is 785. The molecule has 2 heterocycles. The van der Waals surface area contributed by atoms with Crippen LogP contribution in [0.3, 0.4) is 0 Å². The van der Waals surface area contributed by atoms with Gasteiger partial charge in [0.15, 0.2) is 0 Å². The second-order valence-electron chi connectivity index (χ2n) is 6.84. The molecule has 0 spiro atoms. The van der Waals surface area contributed by atoms with Gasteiger partial charge in [0, 0.05) is 13.1 Å². The average Bonchev–Trinajstić information content (AvgIpc) is 3.12. The first-order chi connectivity index (χ1) is 13.2. The number of aromatic nitrogens is 2. The minimum Gasteiger partial charge on any atom is -0.466 e. The smallest absolute Gasteiger partial charge is 0.310 e. The molecule has 2 aromatic rings.